The SMILES string of the molecule is NC(C(=O)O)C(OC(=O)[C@@H](N)Cc1ccccc1)c1ccccc1. The highest BCUT2D eigenvalue weighted by Crippen LogP contribution is 2.21. The lowest BCUT2D eigenvalue weighted by Crippen LogP contribution is -2.42. The molecule has 0 aliphatic carbocycles. The second kappa shape index (κ2) is 8.24. The summed E-state index contributed by atoms with van der Waals surface area (Å²) in [5.74, 6) is -1.95. The Balaban J connectivity index is 2.11. The third-order valence-corrected chi connectivity index (χ3v) is 3.58. The molecule has 6 heteroatoms. The Morgan fingerprint density at radius 1 is 0.958 bits per heavy atom. The van der Waals surface area contributed by atoms with Crippen LogP contribution < -0.4 is 11.5 Å². The number of rotatable bonds is 7. The van der Waals surface area contributed by atoms with Crippen LogP contribution in [0.1, 0.15) is 17.2 Å². The summed E-state index contributed by atoms with van der Waals surface area (Å²) in [6.45, 7) is 0. The van der Waals surface area contributed by atoms with Crippen molar-refractivity contribution in [3.63, 3.8) is 0 Å². The van der Waals surface area contributed by atoms with E-state index in [-0.39, 0.29) is 0 Å². The van der Waals surface area contributed by atoms with Crippen molar-refractivity contribution in [3.8, 4) is 0 Å². The fourth-order valence-corrected chi connectivity index (χ4v) is 2.28. The van der Waals surface area contributed by atoms with Gasteiger partial charge in [0.05, 0.1) is 0 Å². The molecule has 0 heterocycles. The maximum Gasteiger partial charge on any atom is 0.324 e. The molecule has 0 aliphatic rings. The maximum atomic E-state index is 12.3. The molecule has 0 spiro atoms. The Bertz CT molecular complexity index is 676. The average molecular weight is 328 g/mol. The number of hydrogen-bond acceptors (Lipinski definition) is 5. The van der Waals surface area contributed by atoms with Gasteiger partial charge in [0.25, 0.3) is 0 Å². The molecule has 0 aromatic heterocycles. The number of carboxylic acid groups (broad SMARTS) is 1. The minimum absolute atomic E-state index is 0.295. The van der Waals surface area contributed by atoms with Crippen molar-refractivity contribution >= 4 is 11.9 Å². The van der Waals surface area contributed by atoms with Gasteiger partial charge in [0.1, 0.15) is 12.1 Å². The van der Waals surface area contributed by atoms with Gasteiger partial charge in [0.15, 0.2) is 6.10 Å². The van der Waals surface area contributed by atoms with Crippen LogP contribution in [0.4, 0.5) is 0 Å². The molecule has 0 amide bonds. The van der Waals surface area contributed by atoms with Crippen molar-refractivity contribution in [2.45, 2.75) is 24.6 Å². The van der Waals surface area contributed by atoms with E-state index in [2.05, 4.69) is 0 Å². The van der Waals surface area contributed by atoms with Gasteiger partial charge in [-0.1, -0.05) is 60.7 Å². The Labute approximate surface area is 140 Å². The molecule has 126 valence electrons. The highest BCUT2D eigenvalue weighted by molar-refractivity contribution is 5.78. The Morgan fingerprint density at radius 2 is 1.50 bits per heavy atom. The van der Waals surface area contributed by atoms with E-state index in [1.54, 1.807) is 30.3 Å². The molecule has 0 fully saturated rings. The van der Waals surface area contributed by atoms with Gasteiger partial charge in [-0.25, -0.2) is 0 Å². The number of esters is 1. The summed E-state index contributed by atoms with van der Waals surface area (Å²) < 4.78 is 5.32. The molecule has 0 aliphatic heterocycles. The van der Waals surface area contributed by atoms with Crippen molar-refractivity contribution in [3.05, 3.63) is 71.8 Å². The zero-order chi connectivity index (χ0) is 17.5. The summed E-state index contributed by atoms with van der Waals surface area (Å²) in [4.78, 5) is 23.5. The molecule has 0 bridgehead atoms. The Hall–Kier alpha value is -2.70. The predicted octanol–water partition coefficient (Wildman–Crippen LogP) is 1.25. The lowest BCUT2D eigenvalue weighted by molar-refractivity contribution is -0.156. The maximum absolute atomic E-state index is 12.3. The highest BCUT2D eigenvalue weighted by atomic mass is 16.5. The van der Waals surface area contributed by atoms with Gasteiger partial charge in [-0.2, -0.15) is 0 Å². The number of hydrogen-bond donors (Lipinski definition) is 3. The van der Waals surface area contributed by atoms with Gasteiger partial charge >= 0.3 is 11.9 Å². The number of carbonyl (C=O) groups excluding carboxylic acids is 1. The Kier molecular flexibility index (Phi) is 6.06. The van der Waals surface area contributed by atoms with E-state index in [1.165, 1.54) is 0 Å². The first-order valence-corrected chi connectivity index (χ1v) is 7.52. The van der Waals surface area contributed by atoms with Gasteiger partial charge in [-0.15, -0.1) is 0 Å². The van der Waals surface area contributed by atoms with Crippen molar-refractivity contribution < 1.29 is 19.4 Å². The van der Waals surface area contributed by atoms with Crippen molar-refractivity contribution in [2.75, 3.05) is 0 Å². The van der Waals surface area contributed by atoms with E-state index in [0.717, 1.165) is 5.56 Å². The van der Waals surface area contributed by atoms with E-state index < -0.39 is 30.1 Å². The number of carboxylic acids is 1. The molecule has 2 aromatic carbocycles. The van der Waals surface area contributed by atoms with Crippen molar-refractivity contribution in [1.29, 1.82) is 0 Å². The summed E-state index contributed by atoms with van der Waals surface area (Å²) in [6, 6.07) is 15.5. The van der Waals surface area contributed by atoms with E-state index >= 15 is 0 Å². The third-order valence-electron chi connectivity index (χ3n) is 3.58. The van der Waals surface area contributed by atoms with E-state index in [0.29, 0.717) is 12.0 Å². The van der Waals surface area contributed by atoms with Crippen LogP contribution in [0.15, 0.2) is 60.7 Å². The summed E-state index contributed by atoms with van der Waals surface area (Å²) >= 11 is 0. The van der Waals surface area contributed by atoms with Crippen LogP contribution in [-0.4, -0.2) is 29.1 Å². The zero-order valence-corrected chi connectivity index (χ0v) is 13.0. The topological polar surface area (TPSA) is 116 Å². The predicted molar refractivity (Wildman–Crippen MR) is 89.0 cm³/mol. The second-order valence-electron chi connectivity index (χ2n) is 5.43. The molecule has 2 rings (SSSR count). The van der Waals surface area contributed by atoms with Crippen LogP contribution >= 0.6 is 0 Å². The molecule has 0 radical (unpaired) electrons. The number of carbonyl (C=O) groups is 2. The molecular weight excluding hydrogens is 308 g/mol. The lowest BCUT2D eigenvalue weighted by atomic mass is 10.0. The van der Waals surface area contributed by atoms with Crippen molar-refractivity contribution in [1.82, 2.24) is 0 Å². The largest absolute Gasteiger partial charge is 0.480 e. The lowest BCUT2D eigenvalue weighted by Gasteiger charge is -2.23. The number of nitrogens with two attached hydrogens (primary N) is 2. The van der Waals surface area contributed by atoms with E-state index in [9.17, 15) is 9.59 Å². The first-order valence-electron chi connectivity index (χ1n) is 7.52. The molecule has 3 atom stereocenters. The van der Waals surface area contributed by atoms with E-state index in [1.807, 2.05) is 30.3 Å². The van der Waals surface area contributed by atoms with Gasteiger partial charge < -0.3 is 21.3 Å². The van der Waals surface area contributed by atoms with Crippen molar-refractivity contribution in [2.24, 2.45) is 11.5 Å². The minimum atomic E-state index is -1.37. The zero-order valence-electron chi connectivity index (χ0n) is 13.0. The summed E-state index contributed by atoms with van der Waals surface area (Å²) in [5.41, 5.74) is 13.0. The summed E-state index contributed by atoms with van der Waals surface area (Å²) in [7, 11) is 0. The smallest absolute Gasteiger partial charge is 0.324 e. The van der Waals surface area contributed by atoms with Crippen LogP contribution in [0.5, 0.6) is 0 Å². The average Bonchev–Trinajstić information content (AvgIpc) is 2.60. The van der Waals surface area contributed by atoms with Crippen LogP contribution in [0.25, 0.3) is 0 Å². The van der Waals surface area contributed by atoms with Crippen LogP contribution in [0.2, 0.25) is 0 Å². The molecule has 2 unspecified atom stereocenters. The van der Waals surface area contributed by atoms with Gasteiger partial charge in [0, 0.05) is 0 Å². The van der Waals surface area contributed by atoms with Gasteiger partial charge in [0.2, 0.25) is 0 Å². The van der Waals surface area contributed by atoms with Crippen LogP contribution in [0.3, 0.4) is 0 Å². The number of aliphatic carboxylic acids is 1. The first kappa shape index (κ1) is 17.7. The quantitative estimate of drug-likeness (QED) is 0.659. The summed E-state index contributed by atoms with van der Waals surface area (Å²) in [6.07, 6.45) is -0.804. The summed E-state index contributed by atoms with van der Waals surface area (Å²) in [5, 5.41) is 9.15. The minimum Gasteiger partial charge on any atom is -0.480 e. The third kappa shape index (κ3) is 4.65. The molecule has 5 N–H and O–H groups in total. The van der Waals surface area contributed by atoms with Gasteiger partial charge in [-0.3, -0.25) is 9.59 Å². The second-order valence-corrected chi connectivity index (χ2v) is 5.43. The fraction of sp³-hybridized carbons (Fsp3) is 0.222. The molecule has 6 nitrogen and oxygen atoms in total. The number of ether oxygens (including phenoxy) is 1. The molecule has 24 heavy (non-hydrogen) atoms. The standard InChI is InChI=1S/C18H20N2O4/c19-14(11-12-7-3-1-4-8-12)18(23)24-16(15(20)17(21)22)13-9-5-2-6-10-13/h1-10,14-16H,11,19-20H2,(H,21,22)/t14-,15?,16?/m0/s1. The monoisotopic (exact) mass is 328 g/mol. The molecule has 0 saturated heterocycles. The fourth-order valence-electron chi connectivity index (χ4n) is 2.28. The normalized spacial score (nSPS) is 14.4. The molecule has 2 aromatic rings. The Morgan fingerprint density at radius 3 is 2.04 bits per heavy atom. The van der Waals surface area contributed by atoms with Crippen LogP contribution in [-0.2, 0) is 20.7 Å². The molecular formula is C18H20N2O4. The van der Waals surface area contributed by atoms with Crippen LogP contribution in [0, 0.1) is 0 Å². The highest BCUT2D eigenvalue weighted by Gasteiger charge is 2.31. The first-order chi connectivity index (χ1) is 11.5. The number of benzene rings is 2. The molecule has 0 saturated carbocycles. The van der Waals surface area contributed by atoms with E-state index in [4.69, 9.17) is 21.3 Å². The van der Waals surface area contributed by atoms with Gasteiger partial charge in [-0.05, 0) is 17.5 Å².